The molecule has 0 aliphatic heterocycles. The Balaban J connectivity index is 2.14. The molecule has 2 N–H and O–H groups in total. The molecule has 2 rings (SSSR count). The van der Waals surface area contributed by atoms with Gasteiger partial charge in [0.25, 0.3) is 5.91 Å². The standard InChI is InChI=1S/C19H26N4O/c1-12(2)9-10-20-19-21-14(4)11-17(23-19)18(24)22-16-8-6-7-13(3)15(16)5/h6-8,11-12H,9-10H2,1-5H3,(H,22,24)(H,20,21,23). The van der Waals surface area contributed by atoms with E-state index in [0.29, 0.717) is 17.6 Å². The van der Waals surface area contributed by atoms with E-state index in [2.05, 4.69) is 34.4 Å². The van der Waals surface area contributed by atoms with E-state index in [4.69, 9.17) is 0 Å². The highest BCUT2D eigenvalue weighted by Crippen LogP contribution is 2.19. The van der Waals surface area contributed by atoms with Crippen molar-refractivity contribution in [2.75, 3.05) is 17.2 Å². The van der Waals surface area contributed by atoms with Crippen molar-refractivity contribution < 1.29 is 4.79 Å². The lowest BCUT2D eigenvalue weighted by atomic mass is 10.1. The van der Waals surface area contributed by atoms with Crippen LogP contribution in [0.15, 0.2) is 24.3 Å². The van der Waals surface area contributed by atoms with Crippen LogP contribution in [0.1, 0.15) is 47.6 Å². The van der Waals surface area contributed by atoms with Crippen LogP contribution in [0.25, 0.3) is 0 Å². The lowest BCUT2D eigenvalue weighted by Gasteiger charge is -2.12. The molecule has 5 nitrogen and oxygen atoms in total. The summed E-state index contributed by atoms with van der Waals surface area (Å²) >= 11 is 0. The maximum Gasteiger partial charge on any atom is 0.274 e. The SMILES string of the molecule is Cc1cc(C(=O)Nc2cccc(C)c2C)nc(NCCC(C)C)n1. The fourth-order valence-corrected chi connectivity index (χ4v) is 2.31. The predicted molar refractivity (Wildman–Crippen MR) is 98.6 cm³/mol. The second kappa shape index (κ2) is 7.90. The van der Waals surface area contributed by atoms with E-state index in [1.807, 2.05) is 39.0 Å². The smallest absolute Gasteiger partial charge is 0.274 e. The highest BCUT2D eigenvalue weighted by Gasteiger charge is 2.12. The number of aryl methyl sites for hydroxylation is 2. The summed E-state index contributed by atoms with van der Waals surface area (Å²) in [5, 5.41) is 6.13. The molecule has 1 amide bonds. The highest BCUT2D eigenvalue weighted by atomic mass is 16.1. The van der Waals surface area contributed by atoms with Crippen LogP contribution in [-0.2, 0) is 0 Å². The number of anilines is 2. The van der Waals surface area contributed by atoms with Crippen molar-refractivity contribution in [3.8, 4) is 0 Å². The van der Waals surface area contributed by atoms with Gasteiger partial charge in [0.2, 0.25) is 5.95 Å². The van der Waals surface area contributed by atoms with E-state index in [-0.39, 0.29) is 5.91 Å². The molecule has 5 heteroatoms. The number of hydrogen-bond acceptors (Lipinski definition) is 4. The van der Waals surface area contributed by atoms with Crippen LogP contribution in [0, 0.1) is 26.7 Å². The van der Waals surface area contributed by atoms with Crippen molar-refractivity contribution >= 4 is 17.5 Å². The molecule has 1 aromatic carbocycles. The monoisotopic (exact) mass is 326 g/mol. The maximum absolute atomic E-state index is 12.5. The summed E-state index contributed by atoms with van der Waals surface area (Å²) < 4.78 is 0. The van der Waals surface area contributed by atoms with Crippen molar-refractivity contribution in [1.29, 1.82) is 0 Å². The van der Waals surface area contributed by atoms with Crippen LogP contribution in [0.4, 0.5) is 11.6 Å². The Morgan fingerprint density at radius 1 is 1.17 bits per heavy atom. The van der Waals surface area contributed by atoms with Gasteiger partial charge in [0.1, 0.15) is 5.69 Å². The molecule has 0 bridgehead atoms. The lowest BCUT2D eigenvalue weighted by Crippen LogP contribution is -2.17. The Bertz CT molecular complexity index is 725. The van der Waals surface area contributed by atoms with Gasteiger partial charge in [0.15, 0.2) is 0 Å². The summed E-state index contributed by atoms with van der Waals surface area (Å²) in [7, 11) is 0. The number of carbonyl (C=O) groups is 1. The molecule has 0 aliphatic rings. The van der Waals surface area contributed by atoms with E-state index in [1.54, 1.807) is 6.07 Å². The Morgan fingerprint density at radius 3 is 2.62 bits per heavy atom. The minimum absolute atomic E-state index is 0.221. The molecule has 2 aromatic rings. The summed E-state index contributed by atoms with van der Waals surface area (Å²) in [5.41, 5.74) is 4.15. The van der Waals surface area contributed by atoms with Crippen molar-refractivity contribution in [2.45, 2.75) is 41.0 Å². The molecule has 0 spiro atoms. The zero-order chi connectivity index (χ0) is 17.7. The van der Waals surface area contributed by atoms with E-state index in [9.17, 15) is 4.79 Å². The molecule has 0 atom stereocenters. The summed E-state index contributed by atoms with van der Waals surface area (Å²) in [4.78, 5) is 21.2. The summed E-state index contributed by atoms with van der Waals surface area (Å²) in [6.07, 6.45) is 1.03. The first-order valence-corrected chi connectivity index (χ1v) is 8.34. The molecule has 0 unspecified atom stereocenters. The first kappa shape index (κ1) is 17.9. The number of aromatic nitrogens is 2. The molecule has 1 heterocycles. The number of rotatable bonds is 6. The van der Waals surface area contributed by atoms with Gasteiger partial charge in [0.05, 0.1) is 0 Å². The third kappa shape index (κ3) is 4.78. The van der Waals surface area contributed by atoms with E-state index >= 15 is 0 Å². The minimum atomic E-state index is -0.221. The van der Waals surface area contributed by atoms with Crippen molar-refractivity contribution in [3.05, 3.63) is 46.8 Å². The number of carbonyl (C=O) groups excluding carboxylic acids is 1. The average molecular weight is 326 g/mol. The molecule has 0 saturated carbocycles. The number of benzene rings is 1. The Labute approximate surface area is 143 Å². The van der Waals surface area contributed by atoms with Gasteiger partial charge in [-0.25, -0.2) is 9.97 Å². The van der Waals surface area contributed by atoms with E-state index < -0.39 is 0 Å². The zero-order valence-electron chi connectivity index (χ0n) is 15.1. The van der Waals surface area contributed by atoms with Gasteiger partial charge in [-0.1, -0.05) is 26.0 Å². The first-order chi connectivity index (χ1) is 11.4. The van der Waals surface area contributed by atoms with Crippen LogP contribution in [0.2, 0.25) is 0 Å². The molecular weight excluding hydrogens is 300 g/mol. The molecule has 0 fully saturated rings. The summed E-state index contributed by atoms with van der Waals surface area (Å²) in [5.74, 6) is 0.886. The molecule has 0 saturated heterocycles. The van der Waals surface area contributed by atoms with Gasteiger partial charge in [-0.3, -0.25) is 4.79 Å². The van der Waals surface area contributed by atoms with Gasteiger partial charge < -0.3 is 10.6 Å². The van der Waals surface area contributed by atoms with Gasteiger partial charge >= 0.3 is 0 Å². The third-order valence-corrected chi connectivity index (χ3v) is 3.94. The van der Waals surface area contributed by atoms with Gasteiger partial charge in [-0.2, -0.15) is 0 Å². The topological polar surface area (TPSA) is 66.9 Å². The van der Waals surface area contributed by atoms with Crippen molar-refractivity contribution in [1.82, 2.24) is 9.97 Å². The highest BCUT2D eigenvalue weighted by molar-refractivity contribution is 6.03. The van der Waals surface area contributed by atoms with Gasteiger partial charge in [-0.15, -0.1) is 0 Å². The zero-order valence-corrected chi connectivity index (χ0v) is 15.1. The second-order valence-electron chi connectivity index (χ2n) is 6.53. The van der Waals surface area contributed by atoms with Crippen LogP contribution in [-0.4, -0.2) is 22.4 Å². The quantitative estimate of drug-likeness (QED) is 0.838. The van der Waals surface area contributed by atoms with Crippen LogP contribution >= 0.6 is 0 Å². The fourth-order valence-electron chi connectivity index (χ4n) is 2.31. The summed E-state index contributed by atoms with van der Waals surface area (Å²) in [6.45, 7) is 11.0. The Morgan fingerprint density at radius 2 is 1.92 bits per heavy atom. The van der Waals surface area contributed by atoms with Gasteiger partial charge in [0, 0.05) is 17.9 Å². The molecular formula is C19H26N4O. The second-order valence-corrected chi connectivity index (χ2v) is 6.53. The predicted octanol–water partition coefficient (Wildman–Crippen LogP) is 4.11. The Kier molecular flexibility index (Phi) is 5.90. The number of amides is 1. The van der Waals surface area contributed by atoms with Crippen molar-refractivity contribution in [2.24, 2.45) is 5.92 Å². The largest absolute Gasteiger partial charge is 0.354 e. The van der Waals surface area contributed by atoms with E-state index in [0.717, 1.165) is 35.5 Å². The van der Waals surface area contributed by atoms with E-state index in [1.165, 1.54) is 0 Å². The van der Waals surface area contributed by atoms with Crippen LogP contribution in [0.5, 0.6) is 0 Å². The minimum Gasteiger partial charge on any atom is -0.354 e. The first-order valence-electron chi connectivity index (χ1n) is 8.34. The molecule has 0 aliphatic carbocycles. The number of hydrogen-bond donors (Lipinski definition) is 2. The molecule has 128 valence electrons. The third-order valence-electron chi connectivity index (χ3n) is 3.94. The number of nitrogens with zero attached hydrogens (tertiary/aromatic N) is 2. The van der Waals surface area contributed by atoms with Crippen LogP contribution < -0.4 is 10.6 Å². The van der Waals surface area contributed by atoms with Crippen molar-refractivity contribution in [3.63, 3.8) is 0 Å². The van der Waals surface area contributed by atoms with Gasteiger partial charge in [-0.05, 0) is 56.4 Å². The maximum atomic E-state index is 12.5. The molecule has 1 aromatic heterocycles. The Hall–Kier alpha value is -2.43. The molecule has 0 radical (unpaired) electrons. The summed E-state index contributed by atoms with van der Waals surface area (Å²) in [6, 6.07) is 7.56. The van der Waals surface area contributed by atoms with Crippen LogP contribution in [0.3, 0.4) is 0 Å². The normalized spacial score (nSPS) is 10.8. The molecule has 24 heavy (non-hydrogen) atoms. The fraction of sp³-hybridized carbons (Fsp3) is 0.421. The average Bonchev–Trinajstić information content (AvgIpc) is 2.51. The lowest BCUT2D eigenvalue weighted by molar-refractivity contribution is 0.102. The number of nitrogens with one attached hydrogen (secondary N) is 2.